The van der Waals surface area contributed by atoms with Crippen molar-refractivity contribution in [2.75, 3.05) is 6.54 Å². The summed E-state index contributed by atoms with van der Waals surface area (Å²) in [6.07, 6.45) is 0.183. The van der Waals surface area contributed by atoms with Crippen LogP contribution in [-0.2, 0) is 0 Å². The molecule has 2 nitrogen and oxygen atoms in total. The summed E-state index contributed by atoms with van der Waals surface area (Å²) in [7, 11) is 0. The van der Waals surface area contributed by atoms with Crippen LogP contribution in [-0.4, -0.2) is 12.6 Å². The van der Waals surface area contributed by atoms with Crippen molar-refractivity contribution in [1.82, 2.24) is 5.32 Å². The average molecular weight is 289 g/mol. The first kappa shape index (κ1) is 15.1. The number of para-hydroxylation sites is 1. The van der Waals surface area contributed by atoms with E-state index in [1.54, 1.807) is 11.3 Å². The van der Waals surface area contributed by atoms with Gasteiger partial charge in [0.1, 0.15) is 5.75 Å². The third-order valence-corrected chi connectivity index (χ3v) is 4.25. The smallest absolute Gasteiger partial charge is 0.124 e. The second kappa shape index (κ2) is 6.91. The van der Waals surface area contributed by atoms with Gasteiger partial charge in [0, 0.05) is 10.4 Å². The first-order valence-corrected chi connectivity index (χ1v) is 8.04. The highest BCUT2D eigenvalue weighted by atomic mass is 32.1. The summed E-state index contributed by atoms with van der Waals surface area (Å²) >= 11 is 1.80. The minimum Gasteiger partial charge on any atom is -0.491 e. The molecule has 2 aromatic rings. The number of thiophene rings is 1. The predicted molar refractivity (Wildman–Crippen MR) is 86.8 cm³/mol. The van der Waals surface area contributed by atoms with Crippen LogP contribution in [0.4, 0.5) is 0 Å². The van der Waals surface area contributed by atoms with E-state index in [1.807, 2.05) is 6.07 Å². The van der Waals surface area contributed by atoms with Crippen LogP contribution in [0, 0.1) is 6.92 Å². The fraction of sp³-hybridized carbons (Fsp3) is 0.412. The van der Waals surface area contributed by atoms with Gasteiger partial charge in [0.2, 0.25) is 0 Å². The molecule has 0 radical (unpaired) electrons. The maximum Gasteiger partial charge on any atom is 0.124 e. The molecule has 0 fully saturated rings. The van der Waals surface area contributed by atoms with Crippen molar-refractivity contribution in [3.63, 3.8) is 0 Å². The Kier molecular flexibility index (Phi) is 5.21. The maximum atomic E-state index is 5.98. The van der Waals surface area contributed by atoms with E-state index in [0.29, 0.717) is 0 Å². The molecule has 0 aliphatic heterocycles. The number of nitrogens with one attached hydrogen (secondary N) is 1. The lowest BCUT2D eigenvalue weighted by atomic mass is 10.0. The molecular weight excluding hydrogens is 266 g/mol. The summed E-state index contributed by atoms with van der Waals surface area (Å²) in [6, 6.07) is 10.7. The second-order valence-corrected chi connectivity index (χ2v) is 6.11. The third kappa shape index (κ3) is 3.41. The summed E-state index contributed by atoms with van der Waals surface area (Å²) < 4.78 is 5.98. The Morgan fingerprint density at radius 3 is 2.55 bits per heavy atom. The Bertz CT molecular complexity index is 547. The average Bonchev–Trinajstić information content (AvgIpc) is 2.82. The SMILES string of the molecule is CCNC(c1ccccc1OC(C)C)c1sccc1C. The fourth-order valence-corrected chi connectivity index (χ4v) is 3.33. The molecule has 0 bridgehead atoms. The van der Waals surface area contributed by atoms with Crippen molar-refractivity contribution in [1.29, 1.82) is 0 Å². The largest absolute Gasteiger partial charge is 0.491 e. The monoisotopic (exact) mass is 289 g/mol. The summed E-state index contributed by atoms with van der Waals surface area (Å²) in [5, 5.41) is 5.74. The Hall–Kier alpha value is -1.32. The van der Waals surface area contributed by atoms with Crippen LogP contribution in [0.15, 0.2) is 35.7 Å². The highest BCUT2D eigenvalue weighted by Crippen LogP contribution is 2.34. The lowest BCUT2D eigenvalue weighted by Crippen LogP contribution is -2.23. The van der Waals surface area contributed by atoms with Gasteiger partial charge in [-0.2, -0.15) is 0 Å². The molecule has 0 saturated carbocycles. The van der Waals surface area contributed by atoms with Gasteiger partial charge in [0.15, 0.2) is 0 Å². The van der Waals surface area contributed by atoms with Gasteiger partial charge < -0.3 is 10.1 Å². The van der Waals surface area contributed by atoms with Crippen molar-refractivity contribution in [2.24, 2.45) is 0 Å². The molecule has 1 atom stereocenters. The minimum absolute atomic E-state index is 0.183. The molecule has 2 rings (SSSR count). The summed E-state index contributed by atoms with van der Waals surface area (Å²) in [5.41, 5.74) is 2.55. The van der Waals surface area contributed by atoms with E-state index in [4.69, 9.17) is 4.74 Å². The van der Waals surface area contributed by atoms with E-state index in [0.717, 1.165) is 12.3 Å². The van der Waals surface area contributed by atoms with E-state index in [9.17, 15) is 0 Å². The molecule has 0 aliphatic carbocycles. The Labute approximate surface area is 125 Å². The number of benzene rings is 1. The quantitative estimate of drug-likeness (QED) is 0.843. The molecule has 0 aliphatic rings. The van der Waals surface area contributed by atoms with Crippen LogP contribution in [0.3, 0.4) is 0 Å². The van der Waals surface area contributed by atoms with Gasteiger partial charge in [-0.15, -0.1) is 11.3 Å². The molecule has 1 aromatic carbocycles. The van der Waals surface area contributed by atoms with Crippen LogP contribution < -0.4 is 10.1 Å². The number of aryl methyl sites for hydroxylation is 1. The van der Waals surface area contributed by atoms with Gasteiger partial charge in [-0.25, -0.2) is 0 Å². The number of rotatable bonds is 6. The Morgan fingerprint density at radius 1 is 1.20 bits per heavy atom. The van der Waals surface area contributed by atoms with Gasteiger partial charge in [-0.3, -0.25) is 0 Å². The van der Waals surface area contributed by atoms with E-state index in [2.05, 4.69) is 62.7 Å². The van der Waals surface area contributed by atoms with Crippen LogP contribution in [0.1, 0.15) is 42.8 Å². The first-order valence-electron chi connectivity index (χ1n) is 7.16. The zero-order valence-electron chi connectivity index (χ0n) is 12.6. The molecule has 1 N–H and O–H groups in total. The van der Waals surface area contributed by atoms with E-state index in [-0.39, 0.29) is 12.1 Å². The van der Waals surface area contributed by atoms with Crippen LogP contribution in [0.2, 0.25) is 0 Å². The molecule has 1 aromatic heterocycles. The fourth-order valence-electron chi connectivity index (χ4n) is 2.31. The highest BCUT2D eigenvalue weighted by Gasteiger charge is 2.20. The zero-order valence-corrected chi connectivity index (χ0v) is 13.5. The molecule has 108 valence electrons. The minimum atomic E-state index is 0.183. The lowest BCUT2D eigenvalue weighted by molar-refractivity contribution is 0.238. The third-order valence-electron chi connectivity index (χ3n) is 3.16. The molecule has 0 spiro atoms. The normalized spacial score (nSPS) is 12.7. The molecule has 20 heavy (non-hydrogen) atoms. The summed E-state index contributed by atoms with van der Waals surface area (Å²) in [6.45, 7) is 9.37. The number of hydrogen-bond donors (Lipinski definition) is 1. The molecular formula is C17H23NOS. The molecule has 3 heteroatoms. The Morgan fingerprint density at radius 2 is 1.95 bits per heavy atom. The van der Waals surface area contributed by atoms with Crippen molar-refractivity contribution >= 4 is 11.3 Å². The number of ether oxygens (including phenoxy) is 1. The van der Waals surface area contributed by atoms with Gasteiger partial charge >= 0.3 is 0 Å². The highest BCUT2D eigenvalue weighted by molar-refractivity contribution is 7.10. The van der Waals surface area contributed by atoms with Crippen LogP contribution >= 0.6 is 11.3 Å². The van der Waals surface area contributed by atoms with Gasteiger partial charge in [0.25, 0.3) is 0 Å². The van der Waals surface area contributed by atoms with Gasteiger partial charge in [0.05, 0.1) is 12.1 Å². The second-order valence-electron chi connectivity index (χ2n) is 5.16. The molecule has 0 saturated heterocycles. The predicted octanol–water partition coefficient (Wildman–Crippen LogP) is 4.54. The van der Waals surface area contributed by atoms with E-state index in [1.165, 1.54) is 16.0 Å². The van der Waals surface area contributed by atoms with Crippen molar-refractivity contribution in [3.8, 4) is 5.75 Å². The first-order chi connectivity index (χ1) is 9.63. The topological polar surface area (TPSA) is 21.3 Å². The Balaban J connectivity index is 2.42. The van der Waals surface area contributed by atoms with Crippen molar-refractivity contribution < 1.29 is 4.74 Å². The summed E-state index contributed by atoms with van der Waals surface area (Å²) in [4.78, 5) is 1.37. The lowest BCUT2D eigenvalue weighted by Gasteiger charge is -2.22. The standard InChI is InChI=1S/C17H23NOS/c1-5-18-16(17-13(4)10-11-20-17)14-8-6-7-9-15(14)19-12(2)3/h6-12,16,18H,5H2,1-4H3. The van der Waals surface area contributed by atoms with Crippen LogP contribution in [0.25, 0.3) is 0 Å². The molecule has 0 amide bonds. The number of hydrogen-bond acceptors (Lipinski definition) is 3. The zero-order chi connectivity index (χ0) is 14.5. The van der Waals surface area contributed by atoms with E-state index < -0.39 is 0 Å². The van der Waals surface area contributed by atoms with Gasteiger partial charge in [-0.05, 0) is 50.4 Å². The van der Waals surface area contributed by atoms with Gasteiger partial charge in [-0.1, -0.05) is 25.1 Å². The van der Waals surface area contributed by atoms with E-state index >= 15 is 0 Å². The molecule has 1 unspecified atom stereocenters. The van der Waals surface area contributed by atoms with Crippen molar-refractivity contribution in [2.45, 2.75) is 39.8 Å². The molecule has 1 heterocycles. The summed E-state index contributed by atoms with van der Waals surface area (Å²) in [5.74, 6) is 0.973. The van der Waals surface area contributed by atoms with Crippen molar-refractivity contribution in [3.05, 3.63) is 51.7 Å². The maximum absolute atomic E-state index is 5.98. The van der Waals surface area contributed by atoms with Crippen LogP contribution in [0.5, 0.6) is 5.75 Å².